The van der Waals surface area contributed by atoms with Crippen LogP contribution in [0.4, 0.5) is 0 Å². The van der Waals surface area contributed by atoms with E-state index in [2.05, 4.69) is 47.9 Å². The van der Waals surface area contributed by atoms with Crippen molar-refractivity contribution in [2.24, 2.45) is 0 Å². The molecule has 2 aromatic carbocycles. The zero-order valence-electron chi connectivity index (χ0n) is 16.1. The number of methoxy groups -OCH3 is 1. The van der Waals surface area contributed by atoms with Gasteiger partial charge in [-0.2, -0.15) is 0 Å². The number of hydrogen-bond acceptors (Lipinski definition) is 2. The minimum Gasteiger partial charge on any atom is -0.497 e. The van der Waals surface area contributed by atoms with Crippen molar-refractivity contribution in [3.05, 3.63) is 59.9 Å². The van der Waals surface area contributed by atoms with Crippen LogP contribution in [0.15, 0.2) is 48.5 Å². The van der Waals surface area contributed by atoms with Gasteiger partial charge in [0.05, 0.1) is 18.1 Å². The predicted octanol–water partition coefficient (Wildman–Crippen LogP) is 6.00. The van der Waals surface area contributed by atoms with Crippen LogP contribution >= 0.6 is 0 Å². The van der Waals surface area contributed by atoms with E-state index in [4.69, 9.17) is 9.72 Å². The van der Waals surface area contributed by atoms with Crippen LogP contribution in [0.3, 0.4) is 0 Å². The molecule has 0 atom stereocenters. The fraction of sp³-hybridized carbons (Fsp3) is 0.435. The van der Waals surface area contributed by atoms with Crippen molar-refractivity contribution in [2.45, 2.75) is 58.4 Å². The first kappa shape index (κ1) is 18.5. The molecule has 0 unspecified atom stereocenters. The summed E-state index contributed by atoms with van der Waals surface area (Å²) in [5, 5.41) is 0. The summed E-state index contributed by atoms with van der Waals surface area (Å²) in [5.41, 5.74) is 3.62. The quantitative estimate of drug-likeness (QED) is 0.420. The summed E-state index contributed by atoms with van der Waals surface area (Å²) < 4.78 is 7.68. The zero-order chi connectivity index (χ0) is 18.2. The van der Waals surface area contributed by atoms with Crippen molar-refractivity contribution >= 4 is 11.0 Å². The van der Waals surface area contributed by atoms with Crippen LogP contribution in [-0.2, 0) is 13.0 Å². The Balaban J connectivity index is 1.73. The third-order valence-corrected chi connectivity index (χ3v) is 4.99. The van der Waals surface area contributed by atoms with Crippen molar-refractivity contribution in [1.82, 2.24) is 9.55 Å². The van der Waals surface area contributed by atoms with Gasteiger partial charge < -0.3 is 9.30 Å². The van der Waals surface area contributed by atoms with E-state index < -0.39 is 0 Å². The molecule has 0 radical (unpaired) electrons. The summed E-state index contributed by atoms with van der Waals surface area (Å²) in [6, 6.07) is 16.8. The van der Waals surface area contributed by atoms with Crippen LogP contribution in [0.25, 0.3) is 11.0 Å². The summed E-state index contributed by atoms with van der Waals surface area (Å²) >= 11 is 0. The number of fused-ring (bicyclic) bond motifs is 1. The molecule has 26 heavy (non-hydrogen) atoms. The number of unbranched alkanes of at least 4 members (excludes halogenated alkanes) is 5. The normalized spacial score (nSPS) is 11.2. The SMILES string of the molecule is CCCCCCCCn1c(Cc2ccc(OC)cc2)nc2ccccc21. The highest BCUT2D eigenvalue weighted by Crippen LogP contribution is 2.21. The van der Waals surface area contributed by atoms with Crippen LogP contribution in [0.5, 0.6) is 5.75 Å². The minimum atomic E-state index is 0.856. The summed E-state index contributed by atoms with van der Waals surface area (Å²) in [4.78, 5) is 4.91. The Morgan fingerprint density at radius 3 is 2.38 bits per heavy atom. The number of hydrogen-bond donors (Lipinski definition) is 0. The van der Waals surface area contributed by atoms with Gasteiger partial charge in [0.1, 0.15) is 11.6 Å². The lowest BCUT2D eigenvalue weighted by Crippen LogP contribution is -2.05. The van der Waals surface area contributed by atoms with Crippen LogP contribution in [0, 0.1) is 0 Å². The van der Waals surface area contributed by atoms with Gasteiger partial charge in [-0.15, -0.1) is 0 Å². The smallest absolute Gasteiger partial charge is 0.118 e. The van der Waals surface area contributed by atoms with E-state index in [-0.39, 0.29) is 0 Å². The van der Waals surface area contributed by atoms with Gasteiger partial charge in [0.25, 0.3) is 0 Å². The maximum atomic E-state index is 5.26. The van der Waals surface area contributed by atoms with E-state index in [1.54, 1.807) is 7.11 Å². The largest absolute Gasteiger partial charge is 0.497 e. The molecule has 3 heteroatoms. The number of aromatic nitrogens is 2. The standard InChI is InChI=1S/C23H30N2O/c1-3-4-5-6-7-10-17-25-22-12-9-8-11-21(22)24-23(25)18-19-13-15-20(26-2)16-14-19/h8-9,11-16H,3-7,10,17-18H2,1-2H3. The Labute approximate surface area is 157 Å². The van der Waals surface area contributed by atoms with Crippen molar-refractivity contribution < 1.29 is 4.74 Å². The molecule has 0 spiro atoms. The molecule has 0 aliphatic heterocycles. The summed E-state index contributed by atoms with van der Waals surface area (Å²) in [5.74, 6) is 2.05. The van der Waals surface area contributed by atoms with Crippen LogP contribution in [-0.4, -0.2) is 16.7 Å². The number of ether oxygens (including phenoxy) is 1. The van der Waals surface area contributed by atoms with Crippen LogP contribution < -0.4 is 4.74 Å². The Morgan fingerprint density at radius 1 is 0.885 bits per heavy atom. The molecule has 0 saturated heterocycles. The Hall–Kier alpha value is -2.29. The highest BCUT2D eigenvalue weighted by molar-refractivity contribution is 5.76. The van der Waals surface area contributed by atoms with E-state index in [1.807, 2.05) is 12.1 Å². The lowest BCUT2D eigenvalue weighted by Gasteiger charge is -2.10. The van der Waals surface area contributed by atoms with E-state index in [9.17, 15) is 0 Å². The van der Waals surface area contributed by atoms with Crippen molar-refractivity contribution in [1.29, 1.82) is 0 Å². The molecular weight excluding hydrogens is 320 g/mol. The highest BCUT2D eigenvalue weighted by Gasteiger charge is 2.11. The summed E-state index contributed by atoms with van der Waals surface area (Å²) in [6.07, 6.45) is 8.74. The number of para-hydroxylation sites is 2. The van der Waals surface area contributed by atoms with Gasteiger partial charge >= 0.3 is 0 Å². The molecule has 0 N–H and O–H groups in total. The molecule has 1 heterocycles. The van der Waals surface area contributed by atoms with Gasteiger partial charge in [0.15, 0.2) is 0 Å². The predicted molar refractivity (Wildman–Crippen MR) is 109 cm³/mol. The molecule has 3 rings (SSSR count). The molecule has 3 aromatic rings. The second-order valence-corrected chi connectivity index (χ2v) is 6.96. The lowest BCUT2D eigenvalue weighted by atomic mass is 10.1. The Kier molecular flexibility index (Phi) is 6.70. The van der Waals surface area contributed by atoms with Gasteiger partial charge in [0, 0.05) is 13.0 Å². The number of nitrogens with zero attached hydrogens (tertiary/aromatic N) is 2. The van der Waals surface area contributed by atoms with Gasteiger partial charge in [-0.05, 0) is 36.2 Å². The number of rotatable bonds is 10. The monoisotopic (exact) mass is 350 g/mol. The van der Waals surface area contributed by atoms with Crippen molar-refractivity contribution in [2.75, 3.05) is 7.11 Å². The number of imidazole rings is 1. The van der Waals surface area contributed by atoms with E-state index in [1.165, 1.54) is 49.6 Å². The molecular formula is C23H30N2O. The summed E-state index contributed by atoms with van der Waals surface area (Å²) in [6.45, 7) is 3.32. The average Bonchev–Trinajstić information content (AvgIpc) is 3.02. The molecule has 1 aromatic heterocycles. The molecule has 0 amide bonds. The molecule has 138 valence electrons. The molecule has 0 aliphatic rings. The lowest BCUT2D eigenvalue weighted by molar-refractivity contribution is 0.414. The summed E-state index contributed by atoms with van der Waals surface area (Å²) in [7, 11) is 1.70. The minimum absolute atomic E-state index is 0.856. The first-order valence-electron chi connectivity index (χ1n) is 9.89. The second kappa shape index (κ2) is 9.42. The average molecular weight is 351 g/mol. The van der Waals surface area contributed by atoms with Crippen LogP contribution in [0.1, 0.15) is 56.8 Å². The van der Waals surface area contributed by atoms with E-state index in [0.29, 0.717) is 0 Å². The zero-order valence-corrected chi connectivity index (χ0v) is 16.1. The fourth-order valence-electron chi connectivity index (χ4n) is 3.49. The third-order valence-electron chi connectivity index (χ3n) is 4.99. The number of aryl methyl sites for hydroxylation is 1. The maximum Gasteiger partial charge on any atom is 0.118 e. The first-order chi connectivity index (χ1) is 12.8. The van der Waals surface area contributed by atoms with Gasteiger partial charge in [-0.25, -0.2) is 4.98 Å². The second-order valence-electron chi connectivity index (χ2n) is 6.96. The molecule has 0 aliphatic carbocycles. The van der Waals surface area contributed by atoms with Crippen LogP contribution in [0.2, 0.25) is 0 Å². The first-order valence-corrected chi connectivity index (χ1v) is 9.89. The van der Waals surface area contributed by atoms with Crippen molar-refractivity contribution in [3.8, 4) is 5.75 Å². The molecule has 0 saturated carbocycles. The van der Waals surface area contributed by atoms with Gasteiger partial charge in [0.2, 0.25) is 0 Å². The fourth-order valence-corrected chi connectivity index (χ4v) is 3.49. The van der Waals surface area contributed by atoms with E-state index in [0.717, 1.165) is 30.1 Å². The Morgan fingerprint density at radius 2 is 1.62 bits per heavy atom. The molecule has 0 fully saturated rings. The topological polar surface area (TPSA) is 27.1 Å². The Bertz CT molecular complexity index is 805. The molecule has 0 bridgehead atoms. The van der Waals surface area contributed by atoms with E-state index >= 15 is 0 Å². The van der Waals surface area contributed by atoms with Gasteiger partial charge in [-0.3, -0.25) is 0 Å². The third kappa shape index (κ3) is 4.66. The van der Waals surface area contributed by atoms with Gasteiger partial charge in [-0.1, -0.05) is 63.3 Å². The molecule has 3 nitrogen and oxygen atoms in total. The number of benzene rings is 2. The maximum absolute atomic E-state index is 5.26. The highest BCUT2D eigenvalue weighted by atomic mass is 16.5. The van der Waals surface area contributed by atoms with Crippen molar-refractivity contribution in [3.63, 3.8) is 0 Å².